The van der Waals surface area contributed by atoms with Crippen LogP contribution in [0, 0.1) is 11.6 Å². The minimum absolute atomic E-state index is 0.221. The van der Waals surface area contributed by atoms with Gasteiger partial charge in [0.05, 0.1) is 24.5 Å². The summed E-state index contributed by atoms with van der Waals surface area (Å²) >= 11 is 1.36. The molecule has 1 aliphatic rings. The molecule has 1 saturated heterocycles. The second-order valence-corrected chi connectivity index (χ2v) is 8.97. The number of aromatic nitrogens is 1. The molecule has 2 aromatic rings. The van der Waals surface area contributed by atoms with E-state index in [0.29, 0.717) is 30.3 Å². The first-order valence-corrected chi connectivity index (χ1v) is 11.7. The Bertz CT molecular complexity index is 839. The van der Waals surface area contributed by atoms with E-state index in [9.17, 15) is 29.2 Å². The fourth-order valence-electron chi connectivity index (χ4n) is 3.66. The van der Waals surface area contributed by atoms with Gasteiger partial charge in [-0.3, -0.25) is 4.90 Å². The molecule has 2 heterocycles. The molecule has 1 aromatic heterocycles. The van der Waals surface area contributed by atoms with E-state index in [1.54, 1.807) is 0 Å². The summed E-state index contributed by atoms with van der Waals surface area (Å²) in [6, 6.07) is 3.72. The van der Waals surface area contributed by atoms with Gasteiger partial charge < -0.3 is 25.2 Å². The number of thiazole rings is 1. The van der Waals surface area contributed by atoms with Crippen LogP contribution in [0.1, 0.15) is 31.4 Å². The van der Waals surface area contributed by atoms with Gasteiger partial charge in [-0.25, -0.2) is 13.8 Å². The van der Waals surface area contributed by atoms with Crippen molar-refractivity contribution in [3.63, 3.8) is 0 Å². The van der Waals surface area contributed by atoms with Crippen LogP contribution in [0.25, 0.3) is 10.6 Å². The third kappa shape index (κ3) is 6.98. The number of halogens is 2. The summed E-state index contributed by atoms with van der Waals surface area (Å²) < 4.78 is 32.1. The molecule has 10 heteroatoms. The van der Waals surface area contributed by atoms with Crippen LogP contribution in [-0.2, 0) is 11.3 Å². The minimum atomic E-state index is -1.34. The number of benzene rings is 1. The topological polar surface area (TPSA) is 106 Å². The van der Waals surface area contributed by atoms with Crippen molar-refractivity contribution in [1.29, 1.82) is 0 Å². The van der Waals surface area contributed by atoms with Crippen molar-refractivity contribution in [3.8, 4) is 10.6 Å². The van der Waals surface area contributed by atoms with Crippen LogP contribution in [0.15, 0.2) is 23.6 Å². The maximum absolute atomic E-state index is 13.4. The smallest absolute Gasteiger partial charge is 0.159 e. The molecule has 0 aliphatic carbocycles. The van der Waals surface area contributed by atoms with Gasteiger partial charge in [-0.15, -0.1) is 11.3 Å². The predicted octanol–water partition coefficient (Wildman–Crippen LogP) is 1.92. The zero-order valence-corrected chi connectivity index (χ0v) is 18.6. The lowest BCUT2D eigenvalue weighted by Crippen LogP contribution is -2.43. The van der Waals surface area contributed by atoms with Crippen molar-refractivity contribution in [1.82, 2.24) is 9.88 Å². The molecule has 1 fully saturated rings. The second-order valence-electron chi connectivity index (χ2n) is 8.12. The van der Waals surface area contributed by atoms with Gasteiger partial charge in [0, 0.05) is 30.6 Å². The Morgan fingerprint density at radius 1 is 0.969 bits per heavy atom. The summed E-state index contributed by atoms with van der Waals surface area (Å²) in [5, 5.41) is 41.7. The maximum Gasteiger partial charge on any atom is 0.159 e. The van der Waals surface area contributed by atoms with Gasteiger partial charge in [-0.2, -0.15) is 0 Å². The van der Waals surface area contributed by atoms with Crippen LogP contribution in [0.2, 0.25) is 0 Å². The lowest BCUT2D eigenvalue weighted by atomic mass is 10.1. The molecular weight excluding hydrogens is 442 g/mol. The number of ether oxygens (including phenoxy) is 1. The van der Waals surface area contributed by atoms with E-state index in [0.717, 1.165) is 43.5 Å². The van der Waals surface area contributed by atoms with Crippen molar-refractivity contribution in [2.75, 3.05) is 26.2 Å². The van der Waals surface area contributed by atoms with Gasteiger partial charge in [-0.05, 0) is 37.6 Å². The number of likely N-dealkylation sites (tertiary alicyclic amines) is 1. The minimum Gasteiger partial charge on any atom is -0.389 e. The van der Waals surface area contributed by atoms with Crippen LogP contribution >= 0.6 is 11.3 Å². The van der Waals surface area contributed by atoms with Crippen LogP contribution in [0.4, 0.5) is 8.78 Å². The third-order valence-corrected chi connectivity index (χ3v) is 6.45. The van der Waals surface area contributed by atoms with Gasteiger partial charge in [-0.1, -0.05) is 12.8 Å². The number of β-amino-alcohol motifs (C(OH)–C–C–N with tert-alkyl or cyclic N) is 2. The molecule has 4 N–H and O–H groups in total. The summed E-state index contributed by atoms with van der Waals surface area (Å²) in [6.07, 6.45) is -1.17. The molecule has 0 unspecified atom stereocenters. The molecule has 0 radical (unpaired) electrons. The van der Waals surface area contributed by atoms with Gasteiger partial charge in [0.1, 0.15) is 17.2 Å². The fraction of sp³-hybridized carbons (Fsp3) is 0.591. The number of unbranched alkanes of at least 4 members (excludes halogenated alkanes) is 3. The first kappa shape index (κ1) is 25.1. The number of aliphatic hydroxyl groups is 4. The monoisotopic (exact) mass is 472 g/mol. The van der Waals surface area contributed by atoms with Crippen LogP contribution in [0.5, 0.6) is 0 Å². The fourth-order valence-corrected chi connectivity index (χ4v) is 4.46. The van der Waals surface area contributed by atoms with Crippen molar-refractivity contribution in [3.05, 3.63) is 40.9 Å². The Labute approximate surface area is 189 Å². The van der Waals surface area contributed by atoms with Crippen molar-refractivity contribution in [2.24, 2.45) is 0 Å². The Morgan fingerprint density at radius 2 is 1.66 bits per heavy atom. The van der Waals surface area contributed by atoms with E-state index in [4.69, 9.17) is 4.74 Å². The zero-order valence-electron chi connectivity index (χ0n) is 17.7. The molecule has 0 spiro atoms. The van der Waals surface area contributed by atoms with E-state index in [2.05, 4.69) is 4.98 Å². The van der Waals surface area contributed by atoms with Crippen LogP contribution in [0.3, 0.4) is 0 Å². The summed E-state index contributed by atoms with van der Waals surface area (Å²) in [7, 11) is 0. The van der Waals surface area contributed by atoms with Gasteiger partial charge in [0.15, 0.2) is 11.6 Å². The Morgan fingerprint density at radius 3 is 2.34 bits per heavy atom. The van der Waals surface area contributed by atoms with Gasteiger partial charge >= 0.3 is 0 Å². The molecule has 0 amide bonds. The average molecular weight is 473 g/mol. The lowest BCUT2D eigenvalue weighted by molar-refractivity contribution is -0.0894. The maximum atomic E-state index is 13.4. The molecule has 1 aromatic carbocycles. The first-order valence-electron chi connectivity index (χ1n) is 10.8. The van der Waals surface area contributed by atoms with Crippen LogP contribution in [-0.4, -0.2) is 81.0 Å². The number of rotatable bonds is 10. The molecular formula is C22H30F2N2O5S. The number of hydrogen-bond donors (Lipinski definition) is 4. The number of hydrogen-bond acceptors (Lipinski definition) is 8. The summed E-state index contributed by atoms with van der Waals surface area (Å²) in [5.41, 5.74) is 1.28. The highest BCUT2D eigenvalue weighted by molar-refractivity contribution is 7.13. The molecule has 7 nitrogen and oxygen atoms in total. The van der Waals surface area contributed by atoms with E-state index in [1.807, 2.05) is 10.3 Å². The zero-order chi connectivity index (χ0) is 23.1. The summed E-state index contributed by atoms with van der Waals surface area (Å²) in [6.45, 7) is 2.04. The average Bonchev–Trinajstić information content (AvgIpc) is 3.21. The Hall–Kier alpha value is -1.53. The molecule has 0 saturated carbocycles. The molecule has 4 atom stereocenters. The molecule has 0 bridgehead atoms. The van der Waals surface area contributed by atoms with Crippen molar-refractivity contribution in [2.45, 2.75) is 56.7 Å². The Kier molecular flexibility index (Phi) is 9.47. The molecule has 178 valence electrons. The van der Waals surface area contributed by atoms with E-state index >= 15 is 0 Å². The van der Waals surface area contributed by atoms with E-state index < -0.39 is 36.1 Å². The van der Waals surface area contributed by atoms with Crippen molar-refractivity contribution < 1.29 is 33.9 Å². The highest BCUT2D eigenvalue weighted by Gasteiger charge is 2.35. The summed E-state index contributed by atoms with van der Waals surface area (Å²) in [4.78, 5) is 6.26. The first-order chi connectivity index (χ1) is 15.3. The normalized spacial score (nSPS) is 24.6. The molecule has 1 aliphatic heterocycles. The number of nitrogens with zero attached hydrogens (tertiary/aromatic N) is 2. The number of aliphatic hydroxyl groups excluding tert-OH is 4. The van der Waals surface area contributed by atoms with Crippen LogP contribution < -0.4 is 0 Å². The highest BCUT2D eigenvalue weighted by Crippen LogP contribution is 2.25. The largest absolute Gasteiger partial charge is 0.389 e. The van der Waals surface area contributed by atoms with Gasteiger partial charge in [0.25, 0.3) is 0 Å². The third-order valence-electron chi connectivity index (χ3n) is 5.51. The Balaban J connectivity index is 1.28. The SMILES string of the molecule is O[C@H]1[C@H](O)[C@@H](O)CN(CCCCCCOCc2csc(-c3ccc(F)c(F)c3)n2)C[C@@H]1O. The van der Waals surface area contributed by atoms with Gasteiger partial charge in [0.2, 0.25) is 0 Å². The lowest BCUT2D eigenvalue weighted by Gasteiger charge is -2.23. The molecule has 3 rings (SSSR count). The van der Waals surface area contributed by atoms with E-state index in [1.165, 1.54) is 17.4 Å². The summed E-state index contributed by atoms with van der Waals surface area (Å²) in [5.74, 6) is -1.78. The quantitative estimate of drug-likeness (QED) is 0.392. The predicted molar refractivity (Wildman–Crippen MR) is 116 cm³/mol. The highest BCUT2D eigenvalue weighted by atomic mass is 32.1. The van der Waals surface area contributed by atoms with Crippen molar-refractivity contribution >= 4 is 11.3 Å². The molecule has 32 heavy (non-hydrogen) atoms. The standard InChI is InChI=1S/C22H30F2N2O5S/c23-16-6-5-14(9-17(16)24)22-25-15(13-32-22)12-31-8-4-2-1-3-7-26-10-18(27)20(29)21(30)19(28)11-26/h5-6,9,13,18-21,27-30H,1-4,7-8,10-12H2/t18-,19-,20+,21+/m0/s1. The second kappa shape index (κ2) is 12.1. The van der Waals surface area contributed by atoms with E-state index in [-0.39, 0.29) is 13.1 Å².